The molecule has 0 radical (unpaired) electrons. The van der Waals surface area contributed by atoms with Gasteiger partial charge in [-0.2, -0.15) is 0 Å². The van der Waals surface area contributed by atoms with Crippen molar-refractivity contribution in [3.05, 3.63) is 26.3 Å². The van der Waals surface area contributed by atoms with Gasteiger partial charge in [0, 0.05) is 13.0 Å². The van der Waals surface area contributed by atoms with E-state index in [0.717, 1.165) is 50.0 Å². The molecule has 19 heavy (non-hydrogen) atoms. The third-order valence-corrected chi connectivity index (χ3v) is 5.10. The summed E-state index contributed by atoms with van der Waals surface area (Å²) in [4.78, 5) is 19.8. The Morgan fingerprint density at radius 1 is 1.32 bits per heavy atom. The van der Waals surface area contributed by atoms with Crippen LogP contribution >= 0.6 is 15.9 Å². The molecule has 104 valence electrons. The second kappa shape index (κ2) is 5.02. The van der Waals surface area contributed by atoms with Gasteiger partial charge in [0.25, 0.3) is 5.56 Å². The Hall–Kier alpha value is -0.680. The molecule has 2 aliphatic carbocycles. The van der Waals surface area contributed by atoms with E-state index in [9.17, 15) is 4.79 Å². The molecule has 1 aromatic heterocycles. The van der Waals surface area contributed by atoms with Crippen LogP contribution in [0.5, 0.6) is 0 Å². The fourth-order valence-electron chi connectivity index (χ4n) is 2.98. The molecule has 1 N–H and O–H groups in total. The van der Waals surface area contributed by atoms with E-state index in [0.29, 0.717) is 10.4 Å². The lowest BCUT2D eigenvalue weighted by molar-refractivity contribution is -0.0518. The van der Waals surface area contributed by atoms with Gasteiger partial charge in [0.1, 0.15) is 15.9 Å². The molecule has 0 aliphatic heterocycles. The number of ether oxygens (including phenoxy) is 1. The zero-order chi connectivity index (χ0) is 13.5. The Labute approximate surface area is 121 Å². The normalized spacial score (nSPS) is 22.4. The van der Waals surface area contributed by atoms with Gasteiger partial charge >= 0.3 is 0 Å². The molecule has 1 heterocycles. The summed E-state index contributed by atoms with van der Waals surface area (Å²) in [6.07, 6.45) is 7.65. The summed E-state index contributed by atoms with van der Waals surface area (Å²) in [6, 6.07) is 0. The third-order valence-electron chi connectivity index (χ3n) is 4.34. The van der Waals surface area contributed by atoms with Crippen molar-refractivity contribution < 1.29 is 4.74 Å². The fraction of sp³-hybridized carbons (Fsp3) is 0.714. The highest BCUT2D eigenvalue weighted by atomic mass is 79.9. The maximum atomic E-state index is 12.1. The minimum Gasteiger partial charge on any atom is -0.370 e. The van der Waals surface area contributed by atoms with Gasteiger partial charge < -0.3 is 9.72 Å². The summed E-state index contributed by atoms with van der Waals surface area (Å²) in [7, 11) is 1.73. The van der Waals surface area contributed by atoms with Crippen LogP contribution < -0.4 is 5.56 Å². The summed E-state index contributed by atoms with van der Waals surface area (Å²) in [5, 5.41) is 0. The first-order valence-corrected chi connectivity index (χ1v) is 7.81. The number of rotatable bonds is 3. The standard InChI is InChI=1S/C14H19BrN2O2/c1-19-14(7-3-2-4-8-14)13-16-11(9-5-6-9)10(15)12(18)17-13/h9H,2-8H2,1H3,(H,16,17,18). The number of aromatic amines is 1. The molecule has 2 saturated carbocycles. The fourth-order valence-corrected chi connectivity index (χ4v) is 3.49. The van der Waals surface area contributed by atoms with Crippen LogP contribution in [0.25, 0.3) is 0 Å². The van der Waals surface area contributed by atoms with E-state index in [1.807, 2.05) is 0 Å². The van der Waals surface area contributed by atoms with Gasteiger partial charge in [0.15, 0.2) is 0 Å². The van der Waals surface area contributed by atoms with Crippen molar-refractivity contribution in [2.75, 3.05) is 7.11 Å². The zero-order valence-corrected chi connectivity index (χ0v) is 12.8. The van der Waals surface area contributed by atoms with Gasteiger partial charge in [-0.05, 0) is 41.6 Å². The monoisotopic (exact) mass is 326 g/mol. The second-order valence-electron chi connectivity index (χ2n) is 5.65. The molecule has 2 aliphatic rings. The minimum atomic E-state index is -0.387. The molecule has 0 amide bonds. The summed E-state index contributed by atoms with van der Waals surface area (Å²) in [5.74, 6) is 1.18. The predicted octanol–water partition coefficient (Wildman–Crippen LogP) is 3.22. The van der Waals surface area contributed by atoms with E-state index in [1.54, 1.807) is 7.11 Å². The van der Waals surface area contributed by atoms with Crippen molar-refractivity contribution in [1.82, 2.24) is 9.97 Å². The Morgan fingerprint density at radius 2 is 2.00 bits per heavy atom. The highest BCUT2D eigenvalue weighted by molar-refractivity contribution is 9.10. The number of halogens is 1. The summed E-state index contributed by atoms with van der Waals surface area (Å²) < 4.78 is 6.36. The Balaban J connectivity index is 2.06. The molecule has 0 bridgehead atoms. The maximum Gasteiger partial charge on any atom is 0.265 e. The predicted molar refractivity (Wildman–Crippen MR) is 76.3 cm³/mol. The number of H-pyrrole nitrogens is 1. The first-order chi connectivity index (χ1) is 9.16. The molecule has 0 atom stereocenters. The summed E-state index contributed by atoms with van der Waals surface area (Å²) >= 11 is 3.37. The van der Waals surface area contributed by atoms with Crippen molar-refractivity contribution in [1.29, 1.82) is 0 Å². The van der Waals surface area contributed by atoms with Crippen LogP contribution in [0.4, 0.5) is 0 Å². The van der Waals surface area contributed by atoms with Crippen molar-refractivity contribution in [2.45, 2.75) is 56.5 Å². The van der Waals surface area contributed by atoms with Crippen molar-refractivity contribution >= 4 is 15.9 Å². The quantitative estimate of drug-likeness (QED) is 0.927. The van der Waals surface area contributed by atoms with Gasteiger partial charge in [-0.15, -0.1) is 0 Å². The zero-order valence-electron chi connectivity index (χ0n) is 11.2. The molecular weight excluding hydrogens is 308 g/mol. The Bertz CT molecular complexity index is 531. The van der Waals surface area contributed by atoms with Crippen LogP contribution in [0, 0.1) is 0 Å². The van der Waals surface area contributed by atoms with Gasteiger partial charge in [-0.1, -0.05) is 19.3 Å². The smallest absolute Gasteiger partial charge is 0.265 e. The van der Waals surface area contributed by atoms with Crippen LogP contribution in [-0.2, 0) is 10.3 Å². The molecule has 3 rings (SSSR count). The molecule has 0 unspecified atom stereocenters. The number of methoxy groups -OCH3 is 1. The first kappa shape index (κ1) is 13.3. The van der Waals surface area contributed by atoms with Crippen LogP contribution in [-0.4, -0.2) is 17.1 Å². The average Bonchev–Trinajstić information content (AvgIpc) is 3.27. The molecular formula is C14H19BrN2O2. The van der Waals surface area contributed by atoms with Gasteiger partial charge in [0.2, 0.25) is 0 Å². The topological polar surface area (TPSA) is 55.0 Å². The van der Waals surface area contributed by atoms with E-state index < -0.39 is 0 Å². The highest BCUT2D eigenvalue weighted by Gasteiger charge is 2.38. The summed E-state index contributed by atoms with van der Waals surface area (Å²) in [5.41, 5.74) is 0.455. The molecule has 1 aromatic rings. The van der Waals surface area contributed by atoms with E-state index in [-0.39, 0.29) is 11.2 Å². The van der Waals surface area contributed by atoms with Gasteiger partial charge in [-0.25, -0.2) is 4.98 Å². The molecule has 4 nitrogen and oxygen atoms in total. The summed E-state index contributed by atoms with van der Waals surface area (Å²) in [6.45, 7) is 0. The molecule has 5 heteroatoms. The Kier molecular flexibility index (Phi) is 3.52. The van der Waals surface area contributed by atoms with E-state index >= 15 is 0 Å². The van der Waals surface area contributed by atoms with Crippen LogP contribution in [0.15, 0.2) is 9.27 Å². The largest absolute Gasteiger partial charge is 0.370 e. The highest BCUT2D eigenvalue weighted by Crippen LogP contribution is 2.43. The van der Waals surface area contributed by atoms with Gasteiger partial charge in [0.05, 0.1) is 5.69 Å². The van der Waals surface area contributed by atoms with Crippen molar-refractivity contribution in [3.63, 3.8) is 0 Å². The van der Waals surface area contributed by atoms with Crippen LogP contribution in [0.3, 0.4) is 0 Å². The molecule has 0 spiro atoms. The van der Waals surface area contributed by atoms with E-state index in [4.69, 9.17) is 9.72 Å². The van der Waals surface area contributed by atoms with E-state index in [1.165, 1.54) is 6.42 Å². The van der Waals surface area contributed by atoms with Crippen molar-refractivity contribution in [2.24, 2.45) is 0 Å². The molecule has 2 fully saturated rings. The number of hydrogen-bond acceptors (Lipinski definition) is 3. The lowest BCUT2D eigenvalue weighted by atomic mass is 9.84. The Morgan fingerprint density at radius 3 is 2.58 bits per heavy atom. The SMILES string of the molecule is COC1(c2nc(C3CC3)c(Br)c(=O)[nH]2)CCCCC1. The maximum absolute atomic E-state index is 12.1. The van der Waals surface area contributed by atoms with Crippen LogP contribution in [0.1, 0.15) is 62.4 Å². The number of nitrogens with zero attached hydrogens (tertiary/aromatic N) is 1. The van der Waals surface area contributed by atoms with Crippen LogP contribution in [0.2, 0.25) is 0 Å². The minimum absolute atomic E-state index is 0.0751. The lowest BCUT2D eigenvalue weighted by Crippen LogP contribution is -2.35. The molecule has 0 saturated heterocycles. The number of nitrogens with one attached hydrogen (secondary N) is 1. The average molecular weight is 327 g/mol. The van der Waals surface area contributed by atoms with Crippen molar-refractivity contribution in [3.8, 4) is 0 Å². The van der Waals surface area contributed by atoms with Gasteiger partial charge in [-0.3, -0.25) is 4.79 Å². The second-order valence-corrected chi connectivity index (χ2v) is 6.44. The molecule has 0 aromatic carbocycles. The number of hydrogen-bond donors (Lipinski definition) is 1. The third kappa shape index (κ3) is 2.38. The number of aromatic nitrogens is 2. The first-order valence-electron chi connectivity index (χ1n) is 7.01. The van der Waals surface area contributed by atoms with E-state index in [2.05, 4.69) is 20.9 Å². The lowest BCUT2D eigenvalue weighted by Gasteiger charge is -2.35.